The Balaban J connectivity index is 1.85. The second-order valence-corrected chi connectivity index (χ2v) is 7.88. The Labute approximate surface area is 125 Å². The van der Waals surface area contributed by atoms with Crippen molar-refractivity contribution in [1.29, 1.82) is 0 Å². The summed E-state index contributed by atoms with van der Waals surface area (Å²) in [4.78, 5) is 38.5. The Morgan fingerprint density at radius 2 is 1.81 bits per heavy atom. The molecule has 0 saturated heterocycles. The smallest absolute Gasteiger partial charge is 0.144 e. The lowest BCUT2D eigenvalue weighted by molar-refractivity contribution is -0.163. The molecule has 4 rings (SSSR count). The summed E-state index contributed by atoms with van der Waals surface area (Å²) in [5.41, 5.74) is -0.569. The number of rotatable bonds is 0. The quantitative estimate of drug-likeness (QED) is 0.643. The molecule has 8 atom stereocenters. The van der Waals surface area contributed by atoms with E-state index in [1.165, 1.54) is 0 Å². The van der Waals surface area contributed by atoms with E-state index < -0.39 is 5.41 Å². The Bertz CT molecular complexity index is 589. The van der Waals surface area contributed by atoms with E-state index in [1.807, 2.05) is 13.8 Å². The zero-order valence-corrected chi connectivity index (χ0v) is 12.8. The highest BCUT2D eigenvalue weighted by Crippen LogP contribution is 2.61. The first kappa shape index (κ1) is 13.4. The van der Waals surface area contributed by atoms with Gasteiger partial charge in [-0.15, -0.1) is 0 Å². The molecule has 3 nitrogen and oxygen atoms in total. The molecule has 0 heterocycles. The highest BCUT2D eigenvalue weighted by atomic mass is 16.2. The van der Waals surface area contributed by atoms with Crippen molar-refractivity contribution in [3.05, 3.63) is 12.2 Å². The van der Waals surface area contributed by atoms with Gasteiger partial charge >= 0.3 is 0 Å². The van der Waals surface area contributed by atoms with Gasteiger partial charge in [0.2, 0.25) is 0 Å². The van der Waals surface area contributed by atoms with Crippen molar-refractivity contribution in [2.24, 2.45) is 46.8 Å². The van der Waals surface area contributed by atoms with Crippen LogP contribution in [-0.4, -0.2) is 17.3 Å². The normalized spacial score (nSPS) is 54.8. The lowest BCUT2D eigenvalue weighted by Gasteiger charge is -2.52. The van der Waals surface area contributed by atoms with Crippen LogP contribution in [0.5, 0.6) is 0 Å². The number of carbonyl (C=O) groups excluding carboxylic acids is 3. The second kappa shape index (κ2) is 3.93. The summed E-state index contributed by atoms with van der Waals surface area (Å²) in [6, 6.07) is 0. The Morgan fingerprint density at radius 1 is 1.10 bits per heavy atom. The van der Waals surface area contributed by atoms with Crippen LogP contribution in [0.4, 0.5) is 0 Å². The number of Topliss-reactive ketones (excluding diaryl/α,β-unsaturated/α-hetero) is 3. The minimum absolute atomic E-state index is 0.0952. The van der Waals surface area contributed by atoms with Crippen molar-refractivity contribution in [3.8, 4) is 0 Å². The van der Waals surface area contributed by atoms with Gasteiger partial charge < -0.3 is 0 Å². The van der Waals surface area contributed by atoms with E-state index in [9.17, 15) is 14.4 Å². The van der Waals surface area contributed by atoms with Crippen LogP contribution < -0.4 is 0 Å². The van der Waals surface area contributed by atoms with E-state index >= 15 is 0 Å². The maximum Gasteiger partial charge on any atom is 0.144 e. The minimum Gasteiger partial charge on any atom is -0.299 e. The predicted octanol–water partition coefficient (Wildman–Crippen LogP) is 2.44. The van der Waals surface area contributed by atoms with Crippen LogP contribution >= 0.6 is 0 Å². The zero-order valence-electron chi connectivity index (χ0n) is 12.8. The van der Waals surface area contributed by atoms with E-state index in [1.54, 1.807) is 0 Å². The molecule has 2 bridgehead atoms. The molecular weight excluding hydrogens is 264 g/mol. The van der Waals surface area contributed by atoms with Crippen LogP contribution in [0.15, 0.2) is 12.2 Å². The average molecular weight is 286 g/mol. The van der Waals surface area contributed by atoms with Crippen molar-refractivity contribution in [2.75, 3.05) is 0 Å². The fourth-order valence-electron chi connectivity index (χ4n) is 5.85. The van der Waals surface area contributed by atoms with Gasteiger partial charge in [-0.25, -0.2) is 0 Å². The summed E-state index contributed by atoms with van der Waals surface area (Å²) in [6.45, 7) is 6.08. The average Bonchev–Trinajstić information content (AvgIpc) is 2.97. The van der Waals surface area contributed by atoms with Crippen LogP contribution in [0, 0.1) is 46.8 Å². The molecule has 0 aromatic carbocycles. The first-order chi connectivity index (χ1) is 9.87. The molecule has 0 spiro atoms. The molecule has 0 amide bonds. The third-order valence-corrected chi connectivity index (χ3v) is 7.05. The van der Waals surface area contributed by atoms with Crippen molar-refractivity contribution in [3.63, 3.8) is 0 Å². The molecule has 21 heavy (non-hydrogen) atoms. The highest BCUT2D eigenvalue weighted by molar-refractivity contribution is 6.07. The van der Waals surface area contributed by atoms with Gasteiger partial charge in [-0.2, -0.15) is 0 Å². The molecule has 4 aliphatic rings. The van der Waals surface area contributed by atoms with Gasteiger partial charge in [-0.1, -0.05) is 32.9 Å². The Morgan fingerprint density at radius 3 is 2.52 bits per heavy atom. The summed E-state index contributed by atoms with van der Waals surface area (Å²) in [5.74, 6) is 0.141. The molecule has 3 heteroatoms. The summed E-state index contributed by atoms with van der Waals surface area (Å²) in [7, 11) is 0. The third-order valence-electron chi connectivity index (χ3n) is 7.05. The van der Waals surface area contributed by atoms with E-state index in [-0.39, 0.29) is 58.8 Å². The summed E-state index contributed by atoms with van der Waals surface area (Å²) < 4.78 is 0. The topological polar surface area (TPSA) is 51.2 Å². The van der Waals surface area contributed by atoms with E-state index in [0.717, 1.165) is 6.42 Å². The first-order valence-corrected chi connectivity index (χ1v) is 8.16. The first-order valence-electron chi connectivity index (χ1n) is 8.16. The molecular formula is C18H22O3. The molecule has 3 saturated carbocycles. The third kappa shape index (κ3) is 1.38. The molecule has 0 N–H and O–H groups in total. The van der Waals surface area contributed by atoms with Crippen LogP contribution in [-0.2, 0) is 14.4 Å². The number of hydrogen-bond donors (Lipinski definition) is 0. The van der Waals surface area contributed by atoms with Crippen LogP contribution in [0.3, 0.4) is 0 Å². The number of hydrogen-bond acceptors (Lipinski definition) is 3. The molecule has 2 unspecified atom stereocenters. The summed E-state index contributed by atoms with van der Waals surface area (Å²) >= 11 is 0. The Hall–Kier alpha value is -1.25. The standard InChI is InChI=1S/C18H22O3/c1-8-4-5-9(2)18(3)15(8)16(20)14-11-6-10(7-12(11)19)13(14)17(18)21/h4-5,8-11,13-15H,6-7H2,1-3H3/t8-,9+,10+,11-,13?,14?,15-,18+/m0/s1. The molecule has 0 radical (unpaired) electrons. The number of ketones is 3. The van der Waals surface area contributed by atoms with E-state index in [0.29, 0.717) is 6.42 Å². The zero-order chi connectivity index (χ0) is 15.1. The lowest BCUT2D eigenvalue weighted by Crippen LogP contribution is -2.60. The fraction of sp³-hybridized carbons (Fsp3) is 0.722. The van der Waals surface area contributed by atoms with Gasteiger partial charge in [-0.3, -0.25) is 14.4 Å². The SMILES string of the molecule is C[C@@H]1C=C[C@H](C)[C@H]2C(=O)C3C(C(=O)[C@]12C)[C@H]1CC(=O)[C@@H]3C1. The fourth-order valence-corrected chi connectivity index (χ4v) is 5.85. The van der Waals surface area contributed by atoms with Gasteiger partial charge in [-0.05, 0) is 24.2 Å². The van der Waals surface area contributed by atoms with Crippen molar-refractivity contribution in [1.82, 2.24) is 0 Å². The molecule has 0 aromatic rings. The highest BCUT2D eigenvalue weighted by Gasteiger charge is 2.68. The van der Waals surface area contributed by atoms with Crippen molar-refractivity contribution in [2.45, 2.75) is 33.6 Å². The van der Waals surface area contributed by atoms with Crippen LogP contribution in [0.1, 0.15) is 33.6 Å². The Kier molecular flexibility index (Phi) is 2.51. The predicted molar refractivity (Wildman–Crippen MR) is 77.3 cm³/mol. The van der Waals surface area contributed by atoms with Crippen molar-refractivity contribution < 1.29 is 14.4 Å². The monoisotopic (exact) mass is 286 g/mol. The summed E-state index contributed by atoms with van der Waals surface area (Å²) in [6.07, 6.45) is 5.47. The van der Waals surface area contributed by atoms with Crippen LogP contribution in [0.2, 0.25) is 0 Å². The number of fused-ring (bicyclic) bond motifs is 6. The number of carbonyl (C=O) groups is 3. The minimum atomic E-state index is -0.569. The largest absolute Gasteiger partial charge is 0.299 e. The second-order valence-electron chi connectivity index (χ2n) is 7.88. The van der Waals surface area contributed by atoms with Crippen molar-refractivity contribution >= 4 is 17.3 Å². The lowest BCUT2D eigenvalue weighted by atomic mass is 9.48. The van der Waals surface area contributed by atoms with Gasteiger partial charge in [0.25, 0.3) is 0 Å². The maximum atomic E-state index is 13.3. The summed E-state index contributed by atoms with van der Waals surface area (Å²) in [5, 5.41) is 0. The van der Waals surface area contributed by atoms with E-state index in [2.05, 4.69) is 19.1 Å². The number of allylic oxidation sites excluding steroid dienone is 2. The molecule has 0 aliphatic heterocycles. The maximum absolute atomic E-state index is 13.3. The molecule has 0 aromatic heterocycles. The van der Waals surface area contributed by atoms with Gasteiger partial charge in [0.05, 0.1) is 0 Å². The van der Waals surface area contributed by atoms with E-state index in [4.69, 9.17) is 0 Å². The molecule has 3 fully saturated rings. The molecule has 112 valence electrons. The van der Waals surface area contributed by atoms with Crippen LogP contribution in [0.25, 0.3) is 0 Å². The molecule has 4 aliphatic carbocycles. The van der Waals surface area contributed by atoms with Gasteiger partial charge in [0, 0.05) is 35.5 Å². The van der Waals surface area contributed by atoms with Gasteiger partial charge in [0.1, 0.15) is 17.3 Å². The van der Waals surface area contributed by atoms with Gasteiger partial charge in [0.15, 0.2) is 0 Å².